The third-order valence-electron chi connectivity index (χ3n) is 4.40. The second-order valence-electron chi connectivity index (χ2n) is 6.99. The van der Waals surface area contributed by atoms with Crippen molar-refractivity contribution in [2.45, 2.75) is 25.7 Å². The van der Waals surface area contributed by atoms with Crippen LogP contribution >= 0.6 is 0 Å². The average molecular weight is 426 g/mol. The summed E-state index contributed by atoms with van der Waals surface area (Å²) in [6.45, 7) is -0.680. The number of halogens is 4. The van der Waals surface area contributed by atoms with E-state index in [0.29, 0.717) is 41.6 Å². The molecule has 2 heterocycles. The van der Waals surface area contributed by atoms with Gasteiger partial charge in [0, 0.05) is 29.7 Å². The van der Waals surface area contributed by atoms with Crippen molar-refractivity contribution in [1.29, 1.82) is 0 Å². The number of rotatable bonds is 8. The molecule has 0 spiro atoms. The third-order valence-corrected chi connectivity index (χ3v) is 4.40. The second kappa shape index (κ2) is 8.84. The number of hydrogen-bond acceptors (Lipinski definition) is 6. The van der Waals surface area contributed by atoms with E-state index < -0.39 is 12.7 Å². The number of aromatic nitrogens is 3. The van der Waals surface area contributed by atoms with Crippen LogP contribution in [0.15, 0.2) is 40.7 Å². The van der Waals surface area contributed by atoms with Gasteiger partial charge < -0.3 is 24.9 Å². The molecule has 0 saturated heterocycles. The molecule has 0 fully saturated rings. The molecule has 0 unspecified atom stereocenters. The van der Waals surface area contributed by atoms with E-state index in [1.807, 2.05) is 19.0 Å². The summed E-state index contributed by atoms with van der Waals surface area (Å²) in [5.74, 6) is 0.0363. The van der Waals surface area contributed by atoms with Crippen LogP contribution < -0.4 is 11.1 Å². The number of fused-ring (bicyclic) bond motifs is 1. The summed E-state index contributed by atoms with van der Waals surface area (Å²) in [6, 6.07) is 6.33. The zero-order valence-electron chi connectivity index (χ0n) is 16.5. The molecule has 3 aromatic rings. The Morgan fingerprint density at radius 2 is 2.07 bits per heavy atom. The van der Waals surface area contributed by atoms with Crippen LogP contribution in [0.5, 0.6) is 0 Å². The van der Waals surface area contributed by atoms with Crippen LogP contribution in [0.2, 0.25) is 0 Å². The van der Waals surface area contributed by atoms with Crippen molar-refractivity contribution in [2.24, 2.45) is 5.73 Å². The highest BCUT2D eigenvalue weighted by Gasteiger charge is 2.31. The molecule has 0 aliphatic carbocycles. The largest absolute Gasteiger partial charge is 0.418 e. The number of hydrogen-bond donors (Lipinski definition) is 2. The molecule has 1 aromatic carbocycles. The van der Waals surface area contributed by atoms with Crippen LogP contribution in [0.1, 0.15) is 12.3 Å². The Labute approximate surface area is 170 Å². The highest BCUT2D eigenvalue weighted by molar-refractivity contribution is 5.96. The molecular formula is C19H22F4N6O. The molecule has 0 atom stereocenters. The third kappa shape index (κ3) is 4.97. The number of alkyl halides is 3. The summed E-state index contributed by atoms with van der Waals surface area (Å²) in [7, 11) is 3.72. The van der Waals surface area contributed by atoms with Crippen LogP contribution in [0, 0.1) is 0 Å². The highest BCUT2D eigenvalue weighted by atomic mass is 19.4. The molecule has 162 valence electrons. The maximum Gasteiger partial charge on any atom is 0.406 e. The number of benzene rings is 1. The van der Waals surface area contributed by atoms with Crippen molar-refractivity contribution in [1.82, 2.24) is 19.7 Å². The number of anilines is 1. The van der Waals surface area contributed by atoms with Crippen LogP contribution in [-0.4, -0.2) is 46.5 Å². The van der Waals surface area contributed by atoms with Crippen molar-refractivity contribution in [2.75, 3.05) is 26.0 Å². The van der Waals surface area contributed by atoms with Gasteiger partial charge in [-0.05, 0) is 32.3 Å². The minimum Gasteiger partial charge on any atom is -0.418 e. The van der Waals surface area contributed by atoms with Gasteiger partial charge in [-0.15, -0.1) is 10.2 Å². The van der Waals surface area contributed by atoms with Crippen molar-refractivity contribution in [3.05, 3.63) is 42.2 Å². The van der Waals surface area contributed by atoms with E-state index in [-0.39, 0.29) is 24.0 Å². The van der Waals surface area contributed by atoms with Gasteiger partial charge in [0.25, 0.3) is 5.89 Å². The zero-order chi connectivity index (χ0) is 21.9. The lowest BCUT2D eigenvalue weighted by Gasteiger charge is -2.15. The summed E-state index contributed by atoms with van der Waals surface area (Å²) >= 11 is 0. The van der Waals surface area contributed by atoms with Gasteiger partial charge in [0.05, 0.1) is 12.1 Å². The first-order valence-corrected chi connectivity index (χ1v) is 9.14. The summed E-state index contributed by atoms with van der Waals surface area (Å²) < 4.78 is 59.6. The van der Waals surface area contributed by atoms with Crippen molar-refractivity contribution < 1.29 is 22.0 Å². The minimum absolute atomic E-state index is 0.0319. The number of nitrogens with one attached hydrogen (secondary N) is 1. The van der Waals surface area contributed by atoms with Crippen molar-refractivity contribution in [3.63, 3.8) is 0 Å². The van der Waals surface area contributed by atoms with E-state index >= 15 is 0 Å². The lowest BCUT2D eigenvalue weighted by atomic mass is 10.2. The van der Waals surface area contributed by atoms with E-state index in [2.05, 4.69) is 15.5 Å². The van der Waals surface area contributed by atoms with E-state index in [0.717, 1.165) is 4.57 Å². The molecule has 0 bridgehead atoms. The van der Waals surface area contributed by atoms with Gasteiger partial charge in [-0.1, -0.05) is 6.07 Å². The Kier molecular flexibility index (Phi) is 6.42. The smallest absolute Gasteiger partial charge is 0.406 e. The van der Waals surface area contributed by atoms with E-state index in [4.69, 9.17) is 10.2 Å². The molecule has 11 heteroatoms. The first-order chi connectivity index (χ1) is 14.2. The summed E-state index contributed by atoms with van der Waals surface area (Å²) in [4.78, 5) is 1.90. The van der Waals surface area contributed by atoms with Crippen LogP contribution in [-0.2, 0) is 13.1 Å². The molecule has 30 heavy (non-hydrogen) atoms. The first kappa shape index (κ1) is 21.8. The molecule has 0 amide bonds. The fourth-order valence-electron chi connectivity index (χ4n) is 3.02. The maximum absolute atomic E-state index is 13.4. The van der Waals surface area contributed by atoms with Gasteiger partial charge in [-0.25, -0.2) is 4.39 Å². The predicted octanol–water partition coefficient (Wildman–Crippen LogP) is 3.89. The Hall–Kier alpha value is -2.92. The molecule has 2 aromatic heterocycles. The lowest BCUT2D eigenvalue weighted by Crippen LogP contribution is -2.18. The maximum atomic E-state index is 13.4. The SMILES string of the molecule is CN(C)CC/C(=C/F)Nc1cccc2c1cc(-c1nnc(CN)o1)n2CC(F)(F)F. The van der Waals surface area contributed by atoms with Gasteiger partial charge in [-0.3, -0.25) is 0 Å². The van der Waals surface area contributed by atoms with Gasteiger partial charge in [0.15, 0.2) is 0 Å². The van der Waals surface area contributed by atoms with E-state index in [1.165, 1.54) is 6.07 Å². The minimum atomic E-state index is -4.48. The standard InChI is InChI=1S/C19H22F4N6O/c1-28(2)7-6-12(9-20)25-14-4-3-5-15-13(14)8-16(29(15)11-19(21,22)23)18-27-26-17(10-24)30-18/h3-5,8-9,25H,6-7,10-11,24H2,1-2H3/b12-9-. The predicted molar refractivity (Wildman–Crippen MR) is 105 cm³/mol. The first-order valence-electron chi connectivity index (χ1n) is 9.14. The Balaban J connectivity index is 2.08. The summed E-state index contributed by atoms with van der Waals surface area (Å²) in [5.41, 5.74) is 6.64. The molecule has 7 nitrogen and oxygen atoms in total. The Morgan fingerprint density at radius 3 is 2.67 bits per heavy atom. The fraction of sp³-hybridized carbons (Fsp3) is 0.368. The molecule has 0 aliphatic heterocycles. The molecule has 3 rings (SSSR count). The molecule has 0 radical (unpaired) electrons. The van der Waals surface area contributed by atoms with E-state index in [9.17, 15) is 17.6 Å². The van der Waals surface area contributed by atoms with E-state index in [1.54, 1.807) is 18.2 Å². The topological polar surface area (TPSA) is 85.1 Å². The lowest BCUT2D eigenvalue weighted by molar-refractivity contribution is -0.139. The molecule has 3 N–H and O–H groups in total. The second-order valence-corrected chi connectivity index (χ2v) is 6.99. The quantitative estimate of drug-likeness (QED) is 0.532. The Bertz CT molecular complexity index is 1040. The van der Waals surface area contributed by atoms with Gasteiger partial charge in [0.2, 0.25) is 5.89 Å². The van der Waals surface area contributed by atoms with Gasteiger partial charge >= 0.3 is 6.18 Å². The fourth-order valence-corrected chi connectivity index (χ4v) is 3.02. The van der Waals surface area contributed by atoms with Gasteiger partial charge in [0.1, 0.15) is 18.6 Å². The Morgan fingerprint density at radius 1 is 1.30 bits per heavy atom. The molecular weight excluding hydrogens is 404 g/mol. The van der Waals surface area contributed by atoms with Crippen LogP contribution in [0.3, 0.4) is 0 Å². The van der Waals surface area contributed by atoms with Gasteiger partial charge in [-0.2, -0.15) is 13.2 Å². The van der Waals surface area contributed by atoms with Crippen molar-refractivity contribution >= 4 is 16.6 Å². The molecule has 0 saturated carbocycles. The number of nitrogens with zero attached hydrogens (tertiary/aromatic N) is 4. The number of nitrogens with two attached hydrogens (primary N) is 1. The van der Waals surface area contributed by atoms with Crippen molar-refractivity contribution in [3.8, 4) is 11.6 Å². The average Bonchev–Trinajstić information content (AvgIpc) is 3.29. The highest BCUT2D eigenvalue weighted by Crippen LogP contribution is 2.35. The normalized spacial score (nSPS) is 12.9. The summed E-state index contributed by atoms with van der Waals surface area (Å²) in [5, 5.41) is 11.0. The summed E-state index contributed by atoms with van der Waals surface area (Å²) in [6.07, 6.45) is -3.61. The monoisotopic (exact) mass is 426 g/mol. The molecule has 0 aliphatic rings. The van der Waals surface area contributed by atoms with Crippen LogP contribution in [0.25, 0.3) is 22.5 Å². The zero-order valence-corrected chi connectivity index (χ0v) is 16.5. The van der Waals surface area contributed by atoms with Crippen LogP contribution in [0.4, 0.5) is 23.2 Å².